The highest BCUT2D eigenvalue weighted by Crippen LogP contribution is 2.42. The van der Waals surface area contributed by atoms with Gasteiger partial charge in [0.25, 0.3) is 6.43 Å². The van der Waals surface area contributed by atoms with Crippen molar-refractivity contribution < 1.29 is 21.6 Å². The second-order valence-corrected chi connectivity index (χ2v) is 10.8. The molecule has 0 amide bonds. The first-order valence-corrected chi connectivity index (χ1v) is 14.2. The molecule has 3 aromatic rings. The molecule has 4 rings (SSSR count). The fourth-order valence-corrected chi connectivity index (χ4v) is 5.42. The Balaban J connectivity index is 0.000000934. The van der Waals surface area contributed by atoms with E-state index in [2.05, 4.69) is 39.6 Å². The Hall–Kier alpha value is -2.78. The molecule has 0 spiro atoms. The Labute approximate surface area is 227 Å². The summed E-state index contributed by atoms with van der Waals surface area (Å²) in [6.45, 7) is 6.44. The van der Waals surface area contributed by atoms with Gasteiger partial charge in [0.15, 0.2) is 17.1 Å². The van der Waals surface area contributed by atoms with Gasteiger partial charge < -0.3 is 15.5 Å². The zero-order valence-corrected chi connectivity index (χ0v) is 23.3. The number of nitrogens with zero attached hydrogens (tertiary/aromatic N) is 1. The van der Waals surface area contributed by atoms with Gasteiger partial charge >= 0.3 is 0 Å². The van der Waals surface area contributed by atoms with Crippen molar-refractivity contribution in [2.75, 3.05) is 37.3 Å². The van der Waals surface area contributed by atoms with Crippen LogP contribution in [-0.2, 0) is 10.9 Å². The summed E-state index contributed by atoms with van der Waals surface area (Å²) in [6.07, 6.45) is -3.46. The van der Waals surface area contributed by atoms with Gasteiger partial charge in [-0.3, -0.25) is 0 Å². The predicted molar refractivity (Wildman–Crippen MR) is 152 cm³/mol. The minimum absolute atomic E-state index is 0.000655. The maximum absolute atomic E-state index is 14.7. The van der Waals surface area contributed by atoms with Crippen LogP contribution < -0.4 is 15.8 Å². The monoisotopic (exact) mass is 566 g/mol. The van der Waals surface area contributed by atoms with Crippen molar-refractivity contribution in [3.8, 4) is 11.8 Å². The predicted octanol–water partition coefficient (Wildman–Crippen LogP) is 5.24. The van der Waals surface area contributed by atoms with Gasteiger partial charge in [-0.15, -0.1) is 11.3 Å². The number of rotatable bonds is 6. The summed E-state index contributed by atoms with van der Waals surface area (Å²) in [5.74, 6) is 5.97. The Kier molecular flexibility index (Phi) is 10.8. The number of hydrogen-bond acceptors (Lipinski definition) is 6. The molecule has 0 bridgehead atoms. The molecule has 11 heteroatoms. The quantitative estimate of drug-likeness (QED) is 0.242. The molecule has 2 aromatic carbocycles. The number of thiol groups is 1. The van der Waals surface area contributed by atoms with Crippen LogP contribution in [0.5, 0.6) is 0 Å². The second-order valence-electron chi connectivity index (χ2n) is 9.22. The van der Waals surface area contributed by atoms with Gasteiger partial charge in [-0.2, -0.15) is 0 Å². The highest BCUT2D eigenvalue weighted by molar-refractivity contribution is 7.69. The van der Waals surface area contributed by atoms with Crippen LogP contribution in [0.2, 0.25) is 0 Å². The molecule has 38 heavy (non-hydrogen) atoms. The van der Waals surface area contributed by atoms with E-state index in [9.17, 15) is 13.2 Å². The number of alkyl halides is 3. The lowest BCUT2D eigenvalue weighted by Gasteiger charge is -2.30. The minimum atomic E-state index is -3.10. The van der Waals surface area contributed by atoms with E-state index in [0.29, 0.717) is 22.8 Å². The highest BCUT2D eigenvalue weighted by Gasteiger charge is 2.29. The Morgan fingerprint density at radius 3 is 2.45 bits per heavy atom. The van der Waals surface area contributed by atoms with Crippen LogP contribution >= 0.6 is 11.3 Å². The van der Waals surface area contributed by atoms with Crippen LogP contribution in [0.25, 0.3) is 10.1 Å². The molecule has 1 aliphatic rings. The van der Waals surface area contributed by atoms with Crippen molar-refractivity contribution in [2.45, 2.75) is 45.3 Å². The average Bonchev–Trinajstić information content (AvgIpc) is 3.23. The number of benzene rings is 2. The molecule has 0 aliphatic carbocycles. The first-order valence-electron chi connectivity index (χ1n) is 12.2. The number of nitrogens with one attached hydrogen (secondary N) is 2. The summed E-state index contributed by atoms with van der Waals surface area (Å²) in [7, 11) is -0.515. The van der Waals surface area contributed by atoms with Crippen LogP contribution in [0, 0.1) is 25.7 Å². The van der Waals surface area contributed by atoms with Gasteiger partial charge in [-0.1, -0.05) is 30.0 Å². The number of fused-ring (bicyclic) bond motifs is 1. The fraction of sp³-hybridized carbons (Fsp3) is 0.407. The molecule has 6 nitrogen and oxygen atoms in total. The van der Waals surface area contributed by atoms with Gasteiger partial charge in [0, 0.05) is 22.7 Å². The van der Waals surface area contributed by atoms with E-state index in [-0.39, 0.29) is 5.56 Å². The Morgan fingerprint density at radius 1 is 1.13 bits per heavy atom. The van der Waals surface area contributed by atoms with Crippen LogP contribution in [-0.4, -0.2) is 52.5 Å². The van der Waals surface area contributed by atoms with Crippen molar-refractivity contribution in [2.24, 2.45) is 5.14 Å². The lowest BCUT2D eigenvalue weighted by molar-refractivity contribution is 0.0504. The van der Waals surface area contributed by atoms with Gasteiger partial charge in [0.05, 0.1) is 21.8 Å². The lowest BCUT2D eigenvalue weighted by atomic mass is 10.0. The smallest absolute Gasteiger partial charge is 0.273 e. The molecule has 2 heterocycles. The third-order valence-corrected chi connectivity index (χ3v) is 7.59. The van der Waals surface area contributed by atoms with E-state index in [1.54, 1.807) is 12.1 Å². The summed E-state index contributed by atoms with van der Waals surface area (Å²) in [4.78, 5) is 2.65. The number of anilines is 2. The summed E-state index contributed by atoms with van der Waals surface area (Å²) in [5.41, 5.74) is 4.18. The van der Waals surface area contributed by atoms with E-state index in [4.69, 9.17) is 8.42 Å². The molecular formula is C27H33F3N4O2S2. The minimum Gasteiger partial charge on any atom is -0.381 e. The van der Waals surface area contributed by atoms with Crippen LogP contribution in [0.3, 0.4) is 0 Å². The third-order valence-electron chi connectivity index (χ3n) is 6.42. The Morgan fingerprint density at radius 2 is 1.82 bits per heavy atom. The fourth-order valence-electron chi connectivity index (χ4n) is 4.24. The first kappa shape index (κ1) is 29.8. The summed E-state index contributed by atoms with van der Waals surface area (Å²) >= 11 is 1.29. The maximum Gasteiger partial charge on any atom is 0.273 e. The molecule has 1 aromatic heterocycles. The first-order chi connectivity index (χ1) is 18.1. The third kappa shape index (κ3) is 8.11. The zero-order valence-electron chi connectivity index (χ0n) is 21.6. The van der Waals surface area contributed by atoms with Gasteiger partial charge in [-0.25, -0.2) is 26.7 Å². The van der Waals surface area contributed by atoms with Crippen LogP contribution in [0.1, 0.15) is 40.6 Å². The van der Waals surface area contributed by atoms with E-state index in [1.165, 1.54) is 22.5 Å². The highest BCUT2D eigenvalue weighted by atomic mass is 32.2. The average molecular weight is 567 g/mol. The molecule has 0 radical (unpaired) electrons. The number of thiophene rings is 1. The van der Waals surface area contributed by atoms with Crippen molar-refractivity contribution >= 4 is 43.7 Å². The normalized spacial score (nSPS) is 15.1. The molecule has 4 N–H and O–H groups in total. The Bertz CT molecular complexity index is 1370. The van der Waals surface area contributed by atoms with Crippen LogP contribution in [0.4, 0.5) is 24.5 Å². The number of halogens is 3. The number of aryl methyl sites for hydroxylation is 2. The molecule has 1 unspecified atom stereocenters. The largest absolute Gasteiger partial charge is 0.381 e. The molecule has 1 fully saturated rings. The summed E-state index contributed by atoms with van der Waals surface area (Å²) < 4.78 is 60.0. The zero-order chi connectivity index (χ0) is 27.8. The molecule has 1 aliphatic heterocycles. The van der Waals surface area contributed by atoms with E-state index >= 15 is 0 Å². The molecule has 206 valence electrons. The van der Waals surface area contributed by atoms with Crippen LogP contribution in [0.15, 0.2) is 36.4 Å². The summed E-state index contributed by atoms with van der Waals surface area (Å²) in [5, 5.41) is 11.4. The van der Waals surface area contributed by atoms with Gasteiger partial charge in [0.1, 0.15) is 0 Å². The number of nitrogens with two attached hydrogens (primary N) is 1. The standard InChI is InChI=1S/C27H30F3N3S.H3NO2S/c1-17-9-10-20(16-18(17)2)31-13-5-8-23-24(25(28)27(29)30)21-6-4-7-22(26(21)34-23)32-19-11-14-33(3)15-12-19;1-4(2)3/h4,6-7,9-10,16,19,25,27,31-32H,11-15H2,1-3H3;4H,(H2,1,2,3). The topological polar surface area (TPSA) is 87.5 Å². The van der Waals surface area contributed by atoms with E-state index in [1.807, 2.05) is 38.1 Å². The van der Waals surface area contributed by atoms with E-state index < -0.39 is 23.5 Å². The SMILES string of the molecule is Cc1ccc(NCC#Cc2sc3c(NC4CCN(C)CC4)cccc3c2C(F)C(F)F)cc1C.N[SH](=O)=O. The molecular weight excluding hydrogens is 533 g/mol. The number of hydrogen-bond donors (Lipinski definition) is 4. The molecule has 0 saturated carbocycles. The second kappa shape index (κ2) is 13.8. The summed E-state index contributed by atoms with van der Waals surface area (Å²) in [6, 6.07) is 11.8. The number of piperidine rings is 1. The van der Waals surface area contributed by atoms with E-state index in [0.717, 1.165) is 42.0 Å². The van der Waals surface area contributed by atoms with Crippen molar-refractivity contribution in [1.82, 2.24) is 4.90 Å². The van der Waals surface area contributed by atoms with Crippen molar-refractivity contribution in [3.05, 3.63) is 58.0 Å². The van der Waals surface area contributed by atoms with Gasteiger partial charge in [0.2, 0.25) is 0 Å². The lowest BCUT2D eigenvalue weighted by Crippen LogP contribution is -2.36. The number of likely N-dealkylation sites (tertiary alicyclic amines) is 1. The van der Waals surface area contributed by atoms with Crippen molar-refractivity contribution in [3.63, 3.8) is 0 Å². The van der Waals surface area contributed by atoms with Gasteiger partial charge in [-0.05, 0) is 76.2 Å². The molecule has 1 saturated heterocycles. The van der Waals surface area contributed by atoms with Crippen molar-refractivity contribution in [1.29, 1.82) is 0 Å². The maximum atomic E-state index is 14.7. The molecule has 1 atom stereocenters.